The molecule has 0 saturated heterocycles. The monoisotopic (exact) mass is 538 g/mol. The van der Waals surface area contributed by atoms with Gasteiger partial charge in [0.05, 0.1) is 5.69 Å². The fourth-order valence-corrected chi connectivity index (χ4v) is 18.0. The van der Waals surface area contributed by atoms with Crippen molar-refractivity contribution in [1.29, 1.82) is 0 Å². The first-order chi connectivity index (χ1) is 16.2. The van der Waals surface area contributed by atoms with Gasteiger partial charge in [0.15, 0.2) is 0 Å². The van der Waals surface area contributed by atoms with Crippen LogP contribution in [0.15, 0.2) is 128 Å². The second-order valence-corrected chi connectivity index (χ2v) is 18.9. The standard InChI is InChI=1S/C6H10N2.4C6H5.Sn/c1-3-6-7-4-5(2)8-6;4*1-2-4-6-5-3-1;/h4H,3H2,1-2H3,(H,7,8);4*1-5H;. The number of imidazole rings is 1. The van der Waals surface area contributed by atoms with Crippen molar-refractivity contribution in [3.63, 3.8) is 0 Å². The van der Waals surface area contributed by atoms with Gasteiger partial charge >= 0.3 is 154 Å². The second-order valence-electron chi connectivity index (χ2n) is 8.06. The van der Waals surface area contributed by atoms with E-state index >= 15 is 0 Å². The zero-order valence-electron chi connectivity index (χ0n) is 19.3. The zero-order valence-corrected chi connectivity index (χ0v) is 22.1. The minimum atomic E-state index is -3.31. The molecule has 1 heterocycles. The minimum absolute atomic E-state index is 0.994. The van der Waals surface area contributed by atoms with E-state index in [9.17, 15) is 0 Å². The average molecular weight is 537 g/mol. The maximum absolute atomic E-state index is 4.17. The van der Waals surface area contributed by atoms with E-state index in [-0.39, 0.29) is 0 Å². The molecule has 4 aromatic carbocycles. The Balaban J connectivity index is 0.000000275. The number of H-pyrrole nitrogens is 1. The van der Waals surface area contributed by atoms with Gasteiger partial charge in [-0.15, -0.1) is 0 Å². The van der Waals surface area contributed by atoms with Gasteiger partial charge in [0, 0.05) is 12.6 Å². The van der Waals surface area contributed by atoms with Crippen LogP contribution in [0, 0.1) is 6.92 Å². The van der Waals surface area contributed by atoms with Gasteiger partial charge in [-0.05, 0) is 6.92 Å². The SMILES string of the molecule is CCc1nc(C)c[nH]1.c1cc[c]([Sn]([c]2ccccc2)([c]2ccccc2)[c]2ccccc2)cc1. The van der Waals surface area contributed by atoms with Gasteiger partial charge in [0.2, 0.25) is 0 Å². The van der Waals surface area contributed by atoms with Crippen LogP contribution in [0.2, 0.25) is 0 Å². The third-order valence-corrected chi connectivity index (χ3v) is 19.6. The third-order valence-electron chi connectivity index (χ3n) is 5.92. The van der Waals surface area contributed by atoms with Gasteiger partial charge in [0.25, 0.3) is 0 Å². The molecule has 0 saturated carbocycles. The number of benzene rings is 4. The molecule has 0 bridgehead atoms. The molecule has 33 heavy (non-hydrogen) atoms. The fourth-order valence-electron chi connectivity index (χ4n) is 4.40. The van der Waals surface area contributed by atoms with E-state index in [0.717, 1.165) is 17.9 Å². The first-order valence-electron chi connectivity index (χ1n) is 11.5. The summed E-state index contributed by atoms with van der Waals surface area (Å²) in [6.07, 6.45) is 2.91. The second kappa shape index (κ2) is 11.2. The first-order valence-corrected chi connectivity index (χ1v) is 17.2. The normalized spacial score (nSPS) is 10.8. The van der Waals surface area contributed by atoms with Crippen LogP contribution in [-0.2, 0) is 6.42 Å². The van der Waals surface area contributed by atoms with E-state index in [1.807, 2.05) is 13.1 Å². The number of rotatable bonds is 5. The Kier molecular flexibility index (Phi) is 7.79. The predicted molar refractivity (Wildman–Crippen MR) is 143 cm³/mol. The number of aryl methyl sites for hydroxylation is 2. The van der Waals surface area contributed by atoms with Crippen LogP contribution >= 0.6 is 0 Å². The van der Waals surface area contributed by atoms with Gasteiger partial charge in [-0.3, -0.25) is 0 Å². The molecule has 2 nitrogen and oxygen atoms in total. The van der Waals surface area contributed by atoms with Crippen molar-refractivity contribution in [2.75, 3.05) is 0 Å². The molecular weight excluding hydrogens is 507 g/mol. The molecule has 3 heteroatoms. The zero-order chi connectivity index (χ0) is 22.9. The van der Waals surface area contributed by atoms with Crippen LogP contribution < -0.4 is 14.3 Å². The molecule has 0 amide bonds. The van der Waals surface area contributed by atoms with Gasteiger partial charge in [0.1, 0.15) is 5.82 Å². The molecule has 0 aliphatic heterocycles. The predicted octanol–water partition coefficient (Wildman–Crippen LogP) is 4.34. The Labute approximate surface area is 201 Å². The van der Waals surface area contributed by atoms with Crippen molar-refractivity contribution in [2.24, 2.45) is 0 Å². The molecule has 0 fully saturated rings. The first kappa shape index (κ1) is 23.1. The summed E-state index contributed by atoms with van der Waals surface area (Å²) in [5, 5.41) is 0. The quantitative estimate of drug-likeness (QED) is 0.332. The summed E-state index contributed by atoms with van der Waals surface area (Å²) in [4.78, 5) is 7.22. The van der Waals surface area contributed by atoms with Gasteiger partial charge < -0.3 is 4.98 Å². The average Bonchev–Trinajstić information content (AvgIpc) is 3.33. The molecule has 1 N–H and O–H groups in total. The number of aromatic nitrogens is 2. The van der Waals surface area contributed by atoms with E-state index in [1.54, 1.807) is 0 Å². The van der Waals surface area contributed by atoms with Crippen LogP contribution in [0.25, 0.3) is 0 Å². The molecule has 1 aromatic heterocycles. The van der Waals surface area contributed by atoms with E-state index < -0.39 is 18.4 Å². The van der Waals surface area contributed by atoms with Crippen molar-refractivity contribution < 1.29 is 0 Å². The summed E-state index contributed by atoms with van der Waals surface area (Å²) in [5.41, 5.74) is 1.07. The van der Waals surface area contributed by atoms with Gasteiger partial charge in [-0.25, -0.2) is 4.98 Å². The van der Waals surface area contributed by atoms with Crippen LogP contribution in [0.3, 0.4) is 0 Å². The van der Waals surface area contributed by atoms with Crippen LogP contribution in [0.1, 0.15) is 18.4 Å². The van der Waals surface area contributed by atoms with Crippen molar-refractivity contribution in [3.8, 4) is 0 Å². The van der Waals surface area contributed by atoms with Crippen LogP contribution in [0.4, 0.5) is 0 Å². The molecule has 0 atom stereocenters. The number of hydrogen-bond donors (Lipinski definition) is 1. The van der Waals surface area contributed by atoms with Crippen LogP contribution in [0.5, 0.6) is 0 Å². The number of aromatic amines is 1. The topological polar surface area (TPSA) is 28.7 Å². The Morgan fingerprint density at radius 2 is 0.909 bits per heavy atom. The fraction of sp³-hybridized carbons (Fsp3) is 0.100. The Morgan fingerprint density at radius 3 is 1.12 bits per heavy atom. The molecule has 0 aliphatic carbocycles. The van der Waals surface area contributed by atoms with Gasteiger partial charge in [-0.2, -0.15) is 0 Å². The van der Waals surface area contributed by atoms with Crippen molar-refractivity contribution in [1.82, 2.24) is 9.97 Å². The Morgan fingerprint density at radius 1 is 0.576 bits per heavy atom. The molecular formula is C30H30N2Sn. The molecule has 0 unspecified atom stereocenters. The van der Waals surface area contributed by atoms with E-state index in [0.29, 0.717) is 0 Å². The van der Waals surface area contributed by atoms with Crippen molar-refractivity contribution >= 4 is 32.7 Å². The molecule has 5 rings (SSSR count). The number of nitrogens with zero attached hydrogens (tertiary/aromatic N) is 1. The van der Waals surface area contributed by atoms with Crippen LogP contribution in [-0.4, -0.2) is 28.3 Å². The molecule has 164 valence electrons. The van der Waals surface area contributed by atoms with E-state index in [2.05, 4.69) is 138 Å². The van der Waals surface area contributed by atoms with Gasteiger partial charge in [-0.1, -0.05) is 6.92 Å². The molecule has 0 spiro atoms. The summed E-state index contributed by atoms with van der Waals surface area (Å²) in [7, 11) is 0. The Hall–Kier alpha value is -3.11. The summed E-state index contributed by atoms with van der Waals surface area (Å²) in [5.74, 6) is 1.07. The molecule has 0 radical (unpaired) electrons. The van der Waals surface area contributed by atoms with Crippen molar-refractivity contribution in [2.45, 2.75) is 20.3 Å². The van der Waals surface area contributed by atoms with Crippen molar-refractivity contribution in [3.05, 3.63) is 139 Å². The summed E-state index contributed by atoms with van der Waals surface area (Å²) < 4.78 is 5.95. The number of nitrogens with one attached hydrogen (secondary N) is 1. The maximum atomic E-state index is 4.17. The summed E-state index contributed by atoms with van der Waals surface area (Å²) in [6.45, 7) is 4.06. The number of hydrogen-bond acceptors (Lipinski definition) is 1. The third kappa shape index (κ3) is 5.12. The Bertz CT molecular complexity index is 1070. The summed E-state index contributed by atoms with van der Waals surface area (Å²) >= 11 is -3.31. The summed E-state index contributed by atoms with van der Waals surface area (Å²) in [6, 6.07) is 44.4. The molecule has 0 aliphatic rings. The molecule has 5 aromatic rings. The van der Waals surface area contributed by atoms with E-state index in [1.165, 1.54) is 14.3 Å². The van der Waals surface area contributed by atoms with E-state index in [4.69, 9.17) is 0 Å².